The van der Waals surface area contributed by atoms with E-state index in [1.54, 1.807) is 0 Å². The molecular weight excluding hydrogens is 627 g/mol. The van der Waals surface area contributed by atoms with Gasteiger partial charge in [-0.25, -0.2) is 9.97 Å². The van der Waals surface area contributed by atoms with E-state index in [-0.39, 0.29) is 0 Å². The fourth-order valence-corrected chi connectivity index (χ4v) is 8.88. The van der Waals surface area contributed by atoms with E-state index in [9.17, 15) is 0 Å². The SMILES string of the molecule is CCc1nc2ccccc2n1-c1ccc(-c2nc3ccccc3c3c(-c4ccc(-c5cccc6c5sc5ccccc56)cc4)cccc23)cc1. The third-order valence-corrected chi connectivity index (χ3v) is 11.2. The Morgan fingerprint density at radius 2 is 1.12 bits per heavy atom. The van der Waals surface area contributed by atoms with Crippen molar-refractivity contribution >= 4 is 64.2 Å². The molecule has 0 unspecified atom stereocenters. The summed E-state index contributed by atoms with van der Waals surface area (Å²) >= 11 is 1.88. The van der Waals surface area contributed by atoms with E-state index in [0.717, 1.165) is 56.5 Å². The Morgan fingerprint density at radius 1 is 0.500 bits per heavy atom. The van der Waals surface area contributed by atoms with Gasteiger partial charge in [-0.15, -0.1) is 11.3 Å². The van der Waals surface area contributed by atoms with Gasteiger partial charge in [0.2, 0.25) is 0 Å². The van der Waals surface area contributed by atoms with Crippen molar-refractivity contribution in [2.24, 2.45) is 0 Å². The van der Waals surface area contributed by atoms with Gasteiger partial charge in [0.05, 0.1) is 22.2 Å². The van der Waals surface area contributed by atoms with Crippen LogP contribution in [0.3, 0.4) is 0 Å². The van der Waals surface area contributed by atoms with Gasteiger partial charge in [0, 0.05) is 54.0 Å². The van der Waals surface area contributed by atoms with Gasteiger partial charge in [0.15, 0.2) is 0 Å². The molecule has 3 aromatic heterocycles. The second kappa shape index (κ2) is 11.5. The number of nitrogens with zero attached hydrogens (tertiary/aromatic N) is 3. The molecule has 0 atom stereocenters. The summed E-state index contributed by atoms with van der Waals surface area (Å²) in [5.41, 5.74) is 11.3. The van der Waals surface area contributed by atoms with Gasteiger partial charge in [-0.05, 0) is 58.7 Å². The predicted molar refractivity (Wildman–Crippen MR) is 212 cm³/mol. The summed E-state index contributed by atoms with van der Waals surface area (Å²) in [5.74, 6) is 1.06. The zero-order valence-electron chi connectivity index (χ0n) is 27.5. The van der Waals surface area contributed by atoms with Crippen LogP contribution in [0.15, 0.2) is 158 Å². The van der Waals surface area contributed by atoms with Gasteiger partial charge in [-0.3, -0.25) is 4.57 Å². The quantitative estimate of drug-likeness (QED) is 0.172. The number of para-hydroxylation sites is 3. The molecular formula is C46H31N3S. The minimum Gasteiger partial charge on any atom is -0.296 e. The second-order valence-corrected chi connectivity index (χ2v) is 13.9. The maximum atomic E-state index is 5.27. The number of aromatic nitrogens is 3. The lowest BCUT2D eigenvalue weighted by molar-refractivity contribution is 0.908. The van der Waals surface area contributed by atoms with E-state index in [1.807, 2.05) is 17.4 Å². The zero-order valence-corrected chi connectivity index (χ0v) is 28.3. The molecule has 10 rings (SSSR count). The molecule has 0 N–H and O–H groups in total. The first-order chi connectivity index (χ1) is 24.7. The Labute approximate surface area is 293 Å². The van der Waals surface area contributed by atoms with E-state index < -0.39 is 0 Å². The third-order valence-electron chi connectivity index (χ3n) is 9.98. The number of hydrogen-bond donors (Lipinski definition) is 0. The molecule has 0 bridgehead atoms. The molecule has 0 saturated heterocycles. The van der Waals surface area contributed by atoms with Crippen LogP contribution >= 0.6 is 11.3 Å². The highest BCUT2D eigenvalue weighted by Gasteiger charge is 2.17. The van der Waals surface area contributed by atoms with Gasteiger partial charge in [-0.2, -0.15) is 0 Å². The lowest BCUT2D eigenvalue weighted by Gasteiger charge is -2.15. The summed E-state index contributed by atoms with van der Waals surface area (Å²) in [4.78, 5) is 10.2. The lowest BCUT2D eigenvalue weighted by Crippen LogP contribution is -2.00. The van der Waals surface area contributed by atoms with Crippen molar-refractivity contribution in [3.63, 3.8) is 0 Å². The Bertz CT molecular complexity index is 2900. The van der Waals surface area contributed by atoms with Crippen LogP contribution < -0.4 is 0 Å². The van der Waals surface area contributed by atoms with Gasteiger partial charge in [0.25, 0.3) is 0 Å². The first-order valence-corrected chi connectivity index (χ1v) is 18.0. The van der Waals surface area contributed by atoms with E-state index in [2.05, 4.69) is 163 Å². The molecule has 4 heteroatoms. The predicted octanol–water partition coefficient (Wildman–Crippen LogP) is 12.7. The molecule has 0 aliphatic carbocycles. The van der Waals surface area contributed by atoms with E-state index in [0.29, 0.717) is 0 Å². The van der Waals surface area contributed by atoms with Crippen molar-refractivity contribution < 1.29 is 0 Å². The summed E-state index contributed by atoms with van der Waals surface area (Å²) in [6, 6.07) is 56.8. The summed E-state index contributed by atoms with van der Waals surface area (Å²) in [6.45, 7) is 2.16. The molecule has 10 aromatic rings. The van der Waals surface area contributed by atoms with E-state index >= 15 is 0 Å². The van der Waals surface area contributed by atoms with Crippen molar-refractivity contribution in [1.29, 1.82) is 0 Å². The van der Waals surface area contributed by atoms with Crippen LogP contribution in [-0.2, 0) is 6.42 Å². The minimum absolute atomic E-state index is 0.859. The van der Waals surface area contributed by atoms with Crippen LogP contribution in [0, 0.1) is 0 Å². The Morgan fingerprint density at radius 3 is 1.92 bits per heavy atom. The summed E-state index contributed by atoms with van der Waals surface area (Å²) < 4.78 is 4.94. The first-order valence-electron chi connectivity index (χ1n) is 17.1. The smallest absolute Gasteiger partial charge is 0.114 e. The number of fused-ring (bicyclic) bond motifs is 7. The van der Waals surface area contributed by atoms with Crippen LogP contribution in [0.2, 0.25) is 0 Å². The van der Waals surface area contributed by atoms with Crippen molar-refractivity contribution in [3.05, 3.63) is 164 Å². The maximum Gasteiger partial charge on any atom is 0.114 e. The lowest BCUT2D eigenvalue weighted by atomic mass is 9.92. The standard InChI is InChI=1S/C46H31N3S/c1-2-43-47-40-18-6-7-19-41(40)49(43)32-27-25-31(26-28-32)45-38-16-9-13-33(44(38)37-12-3-5-17-39(37)48-45)29-21-23-30(24-22-29)34-14-10-15-36-35-11-4-8-20-42(35)50-46(34)36/h3-28H,2H2,1H3. The minimum atomic E-state index is 0.859. The Hall–Kier alpha value is -6.10. The summed E-state index contributed by atoms with van der Waals surface area (Å²) in [6.07, 6.45) is 0.859. The number of rotatable bonds is 5. The molecule has 0 spiro atoms. The highest BCUT2D eigenvalue weighted by Crippen LogP contribution is 2.42. The molecule has 0 aliphatic heterocycles. The number of aryl methyl sites for hydroxylation is 1. The van der Waals surface area contributed by atoms with Crippen LogP contribution in [-0.4, -0.2) is 14.5 Å². The maximum absolute atomic E-state index is 5.27. The van der Waals surface area contributed by atoms with Crippen molar-refractivity contribution in [3.8, 4) is 39.2 Å². The average molecular weight is 658 g/mol. The topological polar surface area (TPSA) is 30.7 Å². The van der Waals surface area contributed by atoms with Crippen LogP contribution in [0.1, 0.15) is 12.7 Å². The van der Waals surface area contributed by atoms with Gasteiger partial charge in [-0.1, -0.05) is 128 Å². The highest BCUT2D eigenvalue weighted by atomic mass is 32.1. The molecule has 236 valence electrons. The molecule has 3 nitrogen and oxygen atoms in total. The van der Waals surface area contributed by atoms with Crippen LogP contribution in [0.5, 0.6) is 0 Å². The van der Waals surface area contributed by atoms with Crippen molar-refractivity contribution in [1.82, 2.24) is 14.5 Å². The number of hydrogen-bond acceptors (Lipinski definition) is 3. The Kier molecular flexibility index (Phi) is 6.64. The van der Waals surface area contributed by atoms with Crippen molar-refractivity contribution in [2.45, 2.75) is 13.3 Å². The number of pyridine rings is 1. The van der Waals surface area contributed by atoms with Crippen molar-refractivity contribution in [2.75, 3.05) is 0 Å². The highest BCUT2D eigenvalue weighted by molar-refractivity contribution is 7.26. The number of thiophene rings is 1. The number of benzene rings is 7. The third kappa shape index (κ3) is 4.49. The molecule has 0 amide bonds. The Balaban J connectivity index is 1.10. The molecule has 0 aliphatic rings. The molecule has 0 fully saturated rings. The molecule has 7 aromatic carbocycles. The van der Waals surface area contributed by atoms with Gasteiger partial charge >= 0.3 is 0 Å². The fraction of sp³-hybridized carbons (Fsp3) is 0.0435. The summed E-state index contributed by atoms with van der Waals surface area (Å²) in [5, 5.41) is 6.19. The largest absolute Gasteiger partial charge is 0.296 e. The van der Waals surface area contributed by atoms with Gasteiger partial charge < -0.3 is 0 Å². The molecule has 50 heavy (non-hydrogen) atoms. The average Bonchev–Trinajstić information content (AvgIpc) is 3.76. The zero-order chi connectivity index (χ0) is 33.2. The fourth-order valence-electron chi connectivity index (χ4n) is 7.64. The van der Waals surface area contributed by atoms with E-state index in [4.69, 9.17) is 9.97 Å². The monoisotopic (exact) mass is 657 g/mol. The second-order valence-electron chi connectivity index (χ2n) is 12.8. The van der Waals surface area contributed by atoms with Crippen LogP contribution in [0.4, 0.5) is 0 Å². The molecule has 0 radical (unpaired) electrons. The number of imidazole rings is 1. The molecule has 0 saturated carbocycles. The first kappa shape index (κ1) is 28.9. The van der Waals surface area contributed by atoms with E-state index in [1.165, 1.54) is 47.8 Å². The molecule has 3 heterocycles. The van der Waals surface area contributed by atoms with Crippen LogP contribution in [0.25, 0.3) is 92.1 Å². The van der Waals surface area contributed by atoms with Gasteiger partial charge in [0.1, 0.15) is 5.82 Å². The normalized spacial score (nSPS) is 11.8. The summed E-state index contributed by atoms with van der Waals surface area (Å²) in [7, 11) is 0.